The summed E-state index contributed by atoms with van der Waals surface area (Å²) in [6.45, 7) is 4.44. The van der Waals surface area contributed by atoms with Crippen LogP contribution in [0.5, 0.6) is 0 Å². The van der Waals surface area contributed by atoms with Crippen LogP contribution in [-0.4, -0.2) is 42.9 Å². The van der Waals surface area contributed by atoms with E-state index in [-0.39, 0.29) is 5.91 Å². The standard InChI is InChI=1S/C13H18N2O3S/c1-9-10(14)7-11(19-9)12(16)15-4-2-3-13(8-15)17-5-6-18-13/h7H,2-6,8,14H2,1H3. The highest BCUT2D eigenvalue weighted by Crippen LogP contribution is 2.32. The minimum absolute atomic E-state index is 0.0305. The number of ether oxygens (including phenoxy) is 2. The van der Waals surface area contributed by atoms with Crippen molar-refractivity contribution in [3.05, 3.63) is 15.8 Å². The largest absolute Gasteiger partial charge is 0.398 e. The molecule has 1 spiro atoms. The van der Waals surface area contributed by atoms with E-state index in [4.69, 9.17) is 15.2 Å². The predicted octanol–water partition coefficient (Wildman–Crippen LogP) is 1.62. The Bertz CT molecular complexity index is 475. The van der Waals surface area contributed by atoms with E-state index in [1.54, 1.807) is 6.07 Å². The summed E-state index contributed by atoms with van der Waals surface area (Å²) >= 11 is 1.45. The number of anilines is 1. The van der Waals surface area contributed by atoms with Gasteiger partial charge in [-0.1, -0.05) is 0 Å². The average Bonchev–Trinajstić information content (AvgIpc) is 2.97. The van der Waals surface area contributed by atoms with Gasteiger partial charge in [-0.25, -0.2) is 0 Å². The molecule has 0 aliphatic carbocycles. The number of piperidine rings is 1. The van der Waals surface area contributed by atoms with Crippen molar-refractivity contribution in [1.29, 1.82) is 0 Å². The SMILES string of the molecule is Cc1sc(C(=O)N2CCCC3(C2)OCCO3)cc1N. The van der Waals surface area contributed by atoms with Crippen molar-refractivity contribution in [2.75, 3.05) is 32.0 Å². The number of carbonyl (C=O) groups is 1. The molecule has 6 heteroatoms. The fourth-order valence-corrected chi connectivity index (χ4v) is 3.56. The molecule has 5 nitrogen and oxygen atoms in total. The summed E-state index contributed by atoms with van der Waals surface area (Å²) in [5, 5.41) is 0. The molecule has 0 unspecified atom stereocenters. The number of rotatable bonds is 1. The topological polar surface area (TPSA) is 64.8 Å². The molecule has 104 valence electrons. The molecule has 2 aliphatic heterocycles. The Kier molecular flexibility index (Phi) is 3.24. The molecule has 1 aromatic rings. The Labute approximate surface area is 116 Å². The maximum atomic E-state index is 12.5. The molecule has 0 aromatic carbocycles. The number of nitrogens with two attached hydrogens (primary N) is 1. The van der Waals surface area contributed by atoms with Gasteiger partial charge < -0.3 is 20.1 Å². The van der Waals surface area contributed by atoms with Gasteiger partial charge in [0.05, 0.1) is 24.6 Å². The first-order valence-electron chi connectivity index (χ1n) is 6.53. The molecule has 2 N–H and O–H groups in total. The smallest absolute Gasteiger partial charge is 0.264 e. The predicted molar refractivity (Wildman–Crippen MR) is 73.2 cm³/mol. The molecule has 0 atom stereocenters. The molecule has 0 radical (unpaired) electrons. The van der Waals surface area contributed by atoms with Gasteiger partial charge >= 0.3 is 0 Å². The second-order valence-electron chi connectivity index (χ2n) is 5.06. The lowest BCUT2D eigenvalue weighted by Crippen LogP contribution is -2.50. The van der Waals surface area contributed by atoms with E-state index in [2.05, 4.69) is 0 Å². The maximum absolute atomic E-state index is 12.5. The third-order valence-electron chi connectivity index (χ3n) is 3.69. The number of amides is 1. The number of likely N-dealkylation sites (tertiary alicyclic amines) is 1. The van der Waals surface area contributed by atoms with Crippen molar-refractivity contribution in [1.82, 2.24) is 4.90 Å². The normalized spacial score (nSPS) is 22.1. The molecule has 3 rings (SSSR count). The van der Waals surface area contributed by atoms with E-state index in [0.717, 1.165) is 24.3 Å². The minimum atomic E-state index is -0.564. The van der Waals surface area contributed by atoms with E-state index in [1.165, 1.54) is 11.3 Å². The quantitative estimate of drug-likeness (QED) is 0.850. The summed E-state index contributed by atoms with van der Waals surface area (Å²) in [6, 6.07) is 1.76. The lowest BCUT2D eigenvalue weighted by molar-refractivity contribution is -0.183. The van der Waals surface area contributed by atoms with Gasteiger partial charge in [0.25, 0.3) is 5.91 Å². The summed E-state index contributed by atoms with van der Waals surface area (Å²) in [5.41, 5.74) is 6.50. The number of hydrogen-bond acceptors (Lipinski definition) is 5. The van der Waals surface area contributed by atoms with E-state index in [1.807, 2.05) is 11.8 Å². The van der Waals surface area contributed by atoms with Gasteiger partial charge in [-0.15, -0.1) is 11.3 Å². The lowest BCUT2D eigenvalue weighted by atomic mass is 10.0. The monoisotopic (exact) mass is 282 g/mol. The van der Waals surface area contributed by atoms with Crippen LogP contribution in [0.25, 0.3) is 0 Å². The van der Waals surface area contributed by atoms with Crippen molar-refractivity contribution >= 4 is 22.9 Å². The highest BCUT2D eigenvalue weighted by Gasteiger charge is 2.42. The van der Waals surface area contributed by atoms with Crippen LogP contribution in [0.1, 0.15) is 27.4 Å². The number of hydrogen-bond donors (Lipinski definition) is 1. The zero-order chi connectivity index (χ0) is 13.5. The summed E-state index contributed by atoms with van der Waals surface area (Å²) in [4.78, 5) is 16.0. The molecule has 2 aliphatic rings. The minimum Gasteiger partial charge on any atom is -0.398 e. The summed E-state index contributed by atoms with van der Waals surface area (Å²) < 4.78 is 11.4. The molecule has 0 saturated carbocycles. The van der Waals surface area contributed by atoms with Gasteiger partial charge in [-0.2, -0.15) is 0 Å². The first kappa shape index (κ1) is 12.9. The van der Waals surface area contributed by atoms with Gasteiger partial charge in [-0.05, 0) is 19.4 Å². The second kappa shape index (κ2) is 4.77. The van der Waals surface area contributed by atoms with Crippen molar-refractivity contribution in [3.63, 3.8) is 0 Å². The van der Waals surface area contributed by atoms with Crippen LogP contribution in [0.2, 0.25) is 0 Å². The van der Waals surface area contributed by atoms with Gasteiger partial charge in [0, 0.05) is 23.5 Å². The fraction of sp³-hybridized carbons (Fsp3) is 0.615. The lowest BCUT2D eigenvalue weighted by Gasteiger charge is -2.38. The van der Waals surface area contributed by atoms with Crippen LogP contribution >= 0.6 is 11.3 Å². The highest BCUT2D eigenvalue weighted by molar-refractivity contribution is 7.14. The number of nitrogen functional groups attached to an aromatic ring is 1. The summed E-state index contributed by atoms with van der Waals surface area (Å²) in [5.74, 6) is -0.533. The average molecular weight is 282 g/mol. The molecule has 2 saturated heterocycles. The van der Waals surface area contributed by atoms with Crippen LogP contribution in [0.4, 0.5) is 5.69 Å². The molecular formula is C13H18N2O3S. The third-order valence-corrected chi connectivity index (χ3v) is 4.74. The molecule has 2 fully saturated rings. The number of thiophene rings is 1. The first-order chi connectivity index (χ1) is 9.10. The first-order valence-corrected chi connectivity index (χ1v) is 7.34. The van der Waals surface area contributed by atoms with E-state index < -0.39 is 5.79 Å². The van der Waals surface area contributed by atoms with Gasteiger partial charge in [0.1, 0.15) is 0 Å². The zero-order valence-electron chi connectivity index (χ0n) is 11.0. The van der Waals surface area contributed by atoms with Crippen molar-refractivity contribution in [3.8, 4) is 0 Å². The van der Waals surface area contributed by atoms with Crippen LogP contribution < -0.4 is 5.73 Å². The van der Waals surface area contributed by atoms with Crippen molar-refractivity contribution in [2.24, 2.45) is 0 Å². The van der Waals surface area contributed by atoms with Crippen molar-refractivity contribution in [2.45, 2.75) is 25.6 Å². The molecule has 1 amide bonds. The van der Waals surface area contributed by atoms with E-state index in [0.29, 0.717) is 30.3 Å². The Morgan fingerprint density at radius 1 is 1.47 bits per heavy atom. The fourth-order valence-electron chi connectivity index (χ4n) is 2.65. The molecular weight excluding hydrogens is 264 g/mol. The zero-order valence-corrected chi connectivity index (χ0v) is 11.8. The highest BCUT2D eigenvalue weighted by atomic mass is 32.1. The maximum Gasteiger partial charge on any atom is 0.264 e. The van der Waals surface area contributed by atoms with Crippen LogP contribution in [0.3, 0.4) is 0 Å². The van der Waals surface area contributed by atoms with Gasteiger partial charge in [0.15, 0.2) is 5.79 Å². The molecule has 3 heterocycles. The Morgan fingerprint density at radius 3 is 2.84 bits per heavy atom. The second-order valence-corrected chi connectivity index (χ2v) is 6.32. The van der Waals surface area contributed by atoms with Gasteiger partial charge in [-0.3, -0.25) is 4.79 Å². The Morgan fingerprint density at radius 2 is 2.21 bits per heavy atom. The molecule has 1 aromatic heterocycles. The van der Waals surface area contributed by atoms with E-state index in [9.17, 15) is 4.79 Å². The van der Waals surface area contributed by atoms with Gasteiger partial charge in [0.2, 0.25) is 0 Å². The molecule has 19 heavy (non-hydrogen) atoms. The van der Waals surface area contributed by atoms with Crippen LogP contribution in [-0.2, 0) is 9.47 Å². The van der Waals surface area contributed by atoms with Crippen molar-refractivity contribution < 1.29 is 14.3 Å². The summed E-state index contributed by atoms with van der Waals surface area (Å²) in [6.07, 6.45) is 1.77. The Hall–Kier alpha value is -1.11. The third kappa shape index (κ3) is 2.35. The van der Waals surface area contributed by atoms with Crippen LogP contribution in [0, 0.1) is 6.92 Å². The number of aryl methyl sites for hydroxylation is 1. The van der Waals surface area contributed by atoms with E-state index >= 15 is 0 Å². The molecule has 0 bridgehead atoms. The number of carbonyl (C=O) groups excluding carboxylic acids is 1. The summed E-state index contributed by atoms with van der Waals surface area (Å²) in [7, 11) is 0. The van der Waals surface area contributed by atoms with Crippen LogP contribution in [0.15, 0.2) is 6.07 Å². The number of nitrogens with zero attached hydrogens (tertiary/aromatic N) is 1. The Balaban J connectivity index is 1.76.